The minimum atomic E-state index is -0.0805. The van der Waals surface area contributed by atoms with Gasteiger partial charge in [0.15, 0.2) is 11.3 Å². The van der Waals surface area contributed by atoms with Crippen molar-refractivity contribution in [3.63, 3.8) is 0 Å². The first-order chi connectivity index (χ1) is 13.1. The molecule has 2 aromatic rings. The maximum Gasteiger partial charge on any atom is 0.242 e. The summed E-state index contributed by atoms with van der Waals surface area (Å²) in [5, 5.41) is 0. The second-order valence-corrected chi connectivity index (χ2v) is 7.39. The van der Waals surface area contributed by atoms with Crippen LogP contribution in [0.3, 0.4) is 0 Å². The first kappa shape index (κ1) is 17.7. The van der Waals surface area contributed by atoms with Gasteiger partial charge in [0.05, 0.1) is 12.2 Å². The molecule has 1 saturated heterocycles. The zero-order valence-electron chi connectivity index (χ0n) is 15.7. The van der Waals surface area contributed by atoms with Gasteiger partial charge in [-0.25, -0.2) is 9.97 Å². The number of piperidine rings is 1. The van der Waals surface area contributed by atoms with E-state index >= 15 is 0 Å². The number of carbonyl (C=O) groups excluding carboxylic acids is 1. The molecule has 2 aromatic heterocycles. The van der Waals surface area contributed by atoms with Crippen molar-refractivity contribution in [3.8, 4) is 11.5 Å². The molecule has 2 aliphatic rings. The maximum absolute atomic E-state index is 12.7. The summed E-state index contributed by atoms with van der Waals surface area (Å²) in [6, 6.07) is 2.99. The molecule has 7 heteroatoms. The highest BCUT2D eigenvalue weighted by Crippen LogP contribution is 2.30. The molecule has 1 N–H and O–H groups in total. The van der Waals surface area contributed by atoms with E-state index in [9.17, 15) is 9.59 Å². The second-order valence-electron chi connectivity index (χ2n) is 7.39. The van der Waals surface area contributed by atoms with Gasteiger partial charge in [-0.1, -0.05) is 0 Å². The zero-order valence-corrected chi connectivity index (χ0v) is 15.7. The summed E-state index contributed by atoms with van der Waals surface area (Å²) >= 11 is 0. The predicted molar refractivity (Wildman–Crippen MR) is 104 cm³/mol. The number of hydrogen-bond donors (Lipinski definition) is 1. The Hall–Kier alpha value is -2.70. The van der Waals surface area contributed by atoms with Gasteiger partial charge in [-0.15, -0.1) is 0 Å². The van der Waals surface area contributed by atoms with Gasteiger partial charge in [0.25, 0.3) is 0 Å². The molecule has 142 valence electrons. The summed E-state index contributed by atoms with van der Waals surface area (Å²) in [4.78, 5) is 40.7. The number of nitrogens with one attached hydrogen (secondary N) is 1. The molecule has 1 aliphatic carbocycles. The second kappa shape index (κ2) is 7.50. The largest absolute Gasteiger partial charge is 0.358 e. The van der Waals surface area contributed by atoms with Gasteiger partial charge in [-0.3, -0.25) is 9.59 Å². The average molecular weight is 367 g/mol. The number of likely N-dealkylation sites (tertiary alicyclic amines) is 1. The number of amides is 1. The fourth-order valence-corrected chi connectivity index (χ4v) is 3.94. The van der Waals surface area contributed by atoms with Crippen LogP contribution < -0.4 is 10.3 Å². The van der Waals surface area contributed by atoms with E-state index in [0.29, 0.717) is 18.1 Å². The lowest BCUT2D eigenvalue weighted by Gasteiger charge is -2.29. The Balaban J connectivity index is 1.63. The number of hydrogen-bond acceptors (Lipinski definition) is 5. The number of anilines is 1. The minimum absolute atomic E-state index is 0.0805. The smallest absolute Gasteiger partial charge is 0.242 e. The van der Waals surface area contributed by atoms with E-state index < -0.39 is 0 Å². The summed E-state index contributed by atoms with van der Waals surface area (Å²) in [5.74, 6) is 1.47. The third-order valence-corrected chi connectivity index (χ3v) is 5.37. The first-order valence-corrected chi connectivity index (χ1v) is 9.69. The molecule has 0 aromatic carbocycles. The van der Waals surface area contributed by atoms with Gasteiger partial charge in [-0.2, -0.15) is 0 Å². The van der Waals surface area contributed by atoms with Crippen LogP contribution in [0, 0.1) is 0 Å². The molecule has 0 unspecified atom stereocenters. The molecule has 7 nitrogen and oxygen atoms in total. The Bertz CT molecular complexity index is 901. The van der Waals surface area contributed by atoms with Gasteiger partial charge >= 0.3 is 0 Å². The molecule has 1 fully saturated rings. The quantitative estimate of drug-likeness (QED) is 0.891. The summed E-state index contributed by atoms with van der Waals surface area (Å²) in [7, 11) is 1.92. The van der Waals surface area contributed by atoms with Gasteiger partial charge in [-0.05, 0) is 38.5 Å². The number of H-pyrrole nitrogens is 1. The molecular formula is C20H25N5O2. The molecular weight excluding hydrogens is 342 g/mol. The normalized spacial score (nSPS) is 16.3. The van der Waals surface area contributed by atoms with Crippen molar-refractivity contribution in [2.45, 2.75) is 38.5 Å². The van der Waals surface area contributed by atoms with Crippen molar-refractivity contribution in [2.75, 3.05) is 31.6 Å². The molecule has 27 heavy (non-hydrogen) atoms. The Kier molecular flexibility index (Phi) is 4.92. The summed E-state index contributed by atoms with van der Waals surface area (Å²) in [6.45, 7) is 2.02. The Labute approximate surface area is 158 Å². The predicted octanol–water partition coefficient (Wildman–Crippen LogP) is 1.77. The third-order valence-electron chi connectivity index (χ3n) is 5.37. The summed E-state index contributed by atoms with van der Waals surface area (Å²) in [6.07, 6.45) is 7.87. The Morgan fingerprint density at radius 3 is 2.78 bits per heavy atom. The lowest BCUT2D eigenvalue weighted by molar-refractivity contribution is -0.130. The number of nitrogens with zero attached hydrogens (tertiary/aromatic N) is 4. The number of fused-ring (bicyclic) bond motifs is 1. The van der Waals surface area contributed by atoms with E-state index in [1.807, 2.05) is 16.8 Å². The Morgan fingerprint density at radius 2 is 2.00 bits per heavy atom. The number of rotatable bonds is 4. The molecule has 0 atom stereocenters. The SMILES string of the molecule is CN(CC(=O)N1CCCCC1)c1nc(-c2cc(=O)cc[nH]2)nc2c1CCC2. The highest BCUT2D eigenvalue weighted by atomic mass is 16.2. The summed E-state index contributed by atoms with van der Waals surface area (Å²) < 4.78 is 0. The summed E-state index contributed by atoms with van der Waals surface area (Å²) in [5.41, 5.74) is 2.68. The highest BCUT2D eigenvalue weighted by Gasteiger charge is 2.25. The minimum Gasteiger partial charge on any atom is -0.358 e. The van der Waals surface area contributed by atoms with Crippen molar-refractivity contribution in [1.29, 1.82) is 0 Å². The van der Waals surface area contributed by atoms with E-state index in [2.05, 4.69) is 9.97 Å². The standard InChI is InChI=1S/C20H25N5O2/c1-24(13-18(27)25-10-3-2-4-11-25)20-15-6-5-7-16(15)22-19(23-20)17-12-14(26)8-9-21-17/h8-9,12H,2-7,10-11,13H2,1H3,(H,21,26). The van der Waals surface area contributed by atoms with Crippen molar-refractivity contribution in [2.24, 2.45) is 0 Å². The lowest BCUT2D eigenvalue weighted by atomic mass is 10.1. The van der Waals surface area contributed by atoms with E-state index in [4.69, 9.17) is 4.98 Å². The van der Waals surface area contributed by atoms with E-state index in [0.717, 1.165) is 62.3 Å². The molecule has 3 heterocycles. The fourth-order valence-electron chi connectivity index (χ4n) is 3.94. The van der Waals surface area contributed by atoms with Crippen molar-refractivity contribution >= 4 is 11.7 Å². The van der Waals surface area contributed by atoms with Crippen LogP contribution in [0.5, 0.6) is 0 Å². The van der Waals surface area contributed by atoms with Gasteiger partial charge in [0.1, 0.15) is 5.82 Å². The zero-order chi connectivity index (χ0) is 18.8. The van der Waals surface area contributed by atoms with Crippen LogP contribution in [0.25, 0.3) is 11.5 Å². The Morgan fingerprint density at radius 1 is 1.19 bits per heavy atom. The van der Waals surface area contributed by atoms with Gasteiger partial charge in [0, 0.05) is 49.7 Å². The van der Waals surface area contributed by atoms with Crippen molar-refractivity contribution < 1.29 is 4.79 Å². The third kappa shape index (κ3) is 3.72. The van der Waals surface area contributed by atoms with Crippen LogP contribution in [0.4, 0.5) is 5.82 Å². The molecule has 0 bridgehead atoms. The van der Waals surface area contributed by atoms with Crippen LogP contribution in [0.2, 0.25) is 0 Å². The maximum atomic E-state index is 12.7. The topological polar surface area (TPSA) is 82.2 Å². The van der Waals surface area contributed by atoms with Gasteiger partial charge < -0.3 is 14.8 Å². The monoisotopic (exact) mass is 367 g/mol. The molecule has 0 spiro atoms. The molecule has 1 aliphatic heterocycles. The van der Waals surface area contributed by atoms with Crippen molar-refractivity contribution in [3.05, 3.63) is 39.8 Å². The number of likely N-dealkylation sites (N-methyl/N-ethyl adjacent to an activating group) is 1. The number of aromatic amines is 1. The van der Waals surface area contributed by atoms with Crippen LogP contribution >= 0.6 is 0 Å². The lowest BCUT2D eigenvalue weighted by Crippen LogP contribution is -2.42. The highest BCUT2D eigenvalue weighted by molar-refractivity contribution is 5.81. The van der Waals surface area contributed by atoms with Crippen LogP contribution in [0.1, 0.15) is 36.9 Å². The number of pyridine rings is 1. The molecule has 4 rings (SSSR count). The fraction of sp³-hybridized carbons (Fsp3) is 0.500. The van der Waals surface area contributed by atoms with E-state index in [-0.39, 0.29) is 11.3 Å². The van der Waals surface area contributed by atoms with Crippen LogP contribution in [0.15, 0.2) is 23.1 Å². The van der Waals surface area contributed by atoms with Crippen LogP contribution in [-0.2, 0) is 17.6 Å². The first-order valence-electron chi connectivity index (χ1n) is 9.69. The van der Waals surface area contributed by atoms with E-state index in [1.165, 1.54) is 18.6 Å². The number of carbonyl (C=O) groups is 1. The van der Waals surface area contributed by atoms with Crippen molar-refractivity contribution in [1.82, 2.24) is 19.9 Å². The number of aromatic nitrogens is 3. The molecule has 0 radical (unpaired) electrons. The molecule has 0 saturated carbocycles. The van der Waals surface area contributed by atoms with Gasteiger partial charge in [0.2, 0.25) is 5.91 Å². The number of aryl methyl sites for hydroxylation is 1. The van der Waals surface area contributed by atoms with Crippen LogP contribution in [-0.4, -0.2) is 52.4 Å². The molecule has 1 amide bonds. The van der Waals surface area contributed by atoms with E-state index in [1.54, 1.807) is 6.20 Å². The average Bonchev–Trinajstić information content (AvgIpc) is 3.16.